The zero-order chi connectivity index (χ0) is 12.4. The van der Waals surface area contributed by atoms with Crippen LogP contribution in [0.5, 0.6) is 0 Å². The van der Waals surface area contributed by atoms with Crippen LogP contribution in [0, 0.1) is 11.9 Å². The Kier molecular flexibility index (Phi) is 3.03. The summed E-state index contributed by atoms with van der Waals surface area (Å²) in [6.45, 7) is 0.217. The highest BCUT2D eigenvalue weighted by Crippen LogP contribution is 2.25. The van der Waals surface area contributed by atoms with Crippen molar-refractivity contribution in [3.63, 3.8) is 0 Å². The molecule has 1 fully saturated rings. The Morgan fingerprint density at radius 3 is 3.06 bits per heavy atom. The van der Waals surface area contributed by atoms with Crippen molar-refractivity contribution in [1.82, 2.24) is 4.98 Å². The average molecular weight is 238 g/mol. The minimum Gasteiger partial charge on any atom is -0.469 e. The van der Waals surface area contributed by atoms with Gasteiger partial charge in [-0.15, -0.1) is 0 Å². The van der Waals surface area contributed by atoms with Gasteiger partial charge in [0.2, 0.25) is 11.9 Å². The molecule has 1 unspecified atom stereocenters. The minimum absolute atomic E-state index is 0.0939. The number of hydrogen-bond acceptors (Lipinski definition) is 4. The van der Waals surface area contributed by atoms with Gasteiger partial charge < -0.3 is 9.64 Å². The summed E-state index contributed by atoms with van der Waals surface area (Å²) in [5, 5.41) is 0. The fraction of sp³-hybridized carbons (Fsp3) is 0.364. The van der Waals surface area contributed by atoms with E-state index in [2.05, 4.69) is 9.72 Å². The normalized spacial score (nSPS) is 19.5. The van der Waals surface area contributed by atoms with Gasteiger partial charge in [0.1, 0.15) is 0 Å². The maximum absolute atomic E-state index is 12.9. The first-order valence-electron chi connectivity index (χ1n) is 5.11. The van der Waals surface area contributed by atoms with Crippen LogP contribution < -0.4 is 4.90 Å². The Balaban J connectivity index is 2.18. The second-order valence-electron chi connectivity index (χ2n) is 3.77. The molecule has 0 spiro atoms. The SMILES string of the molecule is COC(=O)C1CC(=O)N(c2ccnc(F)c2)C1. The molecule has 0 aliphatic carbocycles. The minimum atomic E-state index is -0.656. The largest absolute Gasteiger partial charge is 0.469 e. The van der Waals surface area contributed by atoms with Gasteiger partial charge in [0, 0.05) is 30.9 Å². The topological polar surface area (TPSA) is 59.5 Å². The zero-order valence-electron chi connectivity index (χ0n) is 9.22. The van der Waals surface area contributed by atoms with Crippen molar-refractivity contribution in [3.05, 3.63) is 24.3 Å². The third-order valence-electron chi connectivity index (χ3n) is 2.68. The molecular weight excluding hydrogens is 227 g/mol. The lowest BCUT2D eigenvalue weighted by molar-refractivity contribution is -0.145. The number of esters is 1. The molecule has 0 aromatic carbocycles. The molecule has 0 radical (unpaired) electrons. The van der Waals surface area contributed by atoms with Crippen LogP contribution in [0.25, 0.3) is 0 Å². The van der Waals surface area contributed by atoms with Crippen LogP contribution in [-0.4, -0.2) is 30.5 Å². The van der Waals surface area contributed by atoms with Gasteiger partial charge in [-0.2, -0.15) is 4.39 Å². The maximum atomic E-state index is 12.9. The van der Waals surface area contributed by atoms with Gasteiger partial charge >= 0.3 is 5.97 Å². The van der Waals surface area contributed by atoms with Gasteiger partial charge in [-0.3, -0.25) is 9.59 Å². The first kappa shape index (κ1) is 11.5. The van der Waals surface area contributed by atoms with Crippen molar-refractivity contribution in [1.29, 1.82) is 0 Å². The Bertz CT molecular complexity index is 464. The number of methoxy groups -OCH3 is 1. The van der Waals surface area contributed by atoms with E-state index in [1.54, 1.807) is 0 Å². The monoisotopic (exact) mass is 238 g/mol. The van der Waals surface area contributed by atoms with Gasteiger partial charge in [0.05, 0.1) is 13.0 Å². The third kappa shape index (κ3) is 2.25. The summed E-state index contributed by atoms with van der Waals surface area (Å²) >= 11 is 0. The van der Waals surface area contributed by atoms with Crippen LogP contribution >= 0.6 is 0 Å². The molecule has 0 bridgehead atoms. The second kappa shape index (κ2) is 4.48. The summed E-state index contributed by atoms with van der Waals surface area (Å²) in [7, 11) is 1.28. The van der Waals surface area contributed by atoms with Gasteiger partial charge in [0.25, 0.3) is 0 Å². The standard InChI is InChI=1S/C11H11FN2O3/c1-17-11(16)7-4-10(15)14(6-7)8-2-3-13-9(12)5-8/h2-3,5,7H,4,6H2,1H3. The van der Waals surface area contributed by atoms with Crippen LogP contribution in [0.4, 0.5) is 10.1 Å². The quantitative estimate of drug-likeness (QED) is 0.563. The Morgan fingerprint density at radius 2 is 2.41 bits per heavy atom. The van der Waals surface area contributed by atoms with Crippen molar-refractivity contribution in [2.75, 3.05) is 18.6 Å². The number of pyridine rings is 1. The molecule has 1 aromatic rings. The average Bonchev–Trinajstić information content (AvgIpc) is 2.70. The number of hydrogen-bond donors (Lipinski definition) is 0. The van der Waals surface area contributed by atoms with Gasteiger partial charge in [-0.25, -0.2) is 4.98 Å². The predicted octanol–water partition coefficient (Wildman–Crippen LogP) is 0.747. The summed E-state index contributed by atoms with van der Waals surface area (Å²) in [5.41, 5.74) is 0.411. The smallest absolute Gasteiger partial charge is 0.311 e. The number of carbonyl (C=O) groups is 2. The van der Waals surface area contributed by atoms with E-state index in [-0.39, 0.29) is 18.9 Å². The number of carbonyl (C=O) groups excluding carboxylic acids is 2. The van der Waals surface area contributed by atoms with Crippen molar-refractivity contribution in [2.45, 2.75) is 6.42 Å². The summed E-state index contributed by atoms with van der Waals surface area (Å²) < 4.78 is 17.5. The molecule has 6 heteroatoms. The highest BCUT2D eigenvalue weighted by atomic mass is 19.1. The fourth-order valence-electron chi connectivity index (χ4n) is 1.84. The van der Waals surface area contributed by atoms with Gasteiger partial charge in [0.15, 0.2) is 0 Å². The number of halogens is 1. The molecule has 1 amide bonds. The molecule has 1 aromatic heterocycles. The number of anilines is 1. The molecule has 2 rings (SSSR count). The maximum Gasteiger partial charge on any atom is 0.311 e. The van der Waals surface area contributed by atoms with Crippen molar-refractivity contribution < 1.29 is 18.7 Å². The summed E-state index contributed by atoms with van der Waals surface area (Å²) in [6.07, 6.45) is 1.38. The Hall–Kier alpha value is -1.98. The fourth-order valence-corrected chi connectivity index (χ4v) is 1.84. The first-order valence-corrected chi connectivity index (χ1v) is 5.11. The van der Waals surface area contributed by atoms with E-state index >= 15 is 0 Å². The number of ether oxygens (including phenoxy) is 1. The number of amides is 1. The van der Waals surface area contributed by atoms with Crippen LogP contribution in [0.1, 0.15) is 6.42 Å². The van der Waals surface area contributed by atoms with E-state index in [0.29, 0.717) is 5.69 Å². The summed E-state index contributed by atoms with van der Waals surface area (Å²) in [6, 6.07) is 2.69. The number of rotatable bonds is 2. The molecule has 90 valence electrons. The van der Waals surface area contributed by atoms with Gasteiger partial charge in [-0.05, 0) is 6.07 Å². The Labute approximate surface area is 97.2 Å². The molecule has 0 N–H and O–H groups in total. The molecule has 5 nitrogen and oxygen atoms in total. The van der Waals surface area contributed by atoms with E-state index < -0.39 is 17.8 Å². The predicted molar refractivity (Wildman–Crippen MR) is 56.7 cm³/mol. The van der Waals surface area contributed by atoms with Gasteiger partial charge in [-0.1, -0.05) is 0 Å². The van der Waals surface area contributed by atoms with E-state index in [1.807, 2.05) is 0 Å². The molecule has 0 saturated carbocycles. The molecule has 1 atom stereocenters. The van der Waals surface area contributed by atoms with E-state index in [0.717, 1.165) is 6.07 Å². The van der Waals surface area contributed by atoms with Crippen molar-refractivity contribution in [2.24, 2.45) is 5.92 Å². The lowest BCUT2D eigenvalue weighted by Crippen LogP contribution is -2.26. The molecular formula is C11H11FN2O3. The van der Waals surface area contributed by atoms with E-state index in [9.17, 15) is 14.0 Å². The molecule has 1 saturated heterocycles. The lowest BCUT2D eigenvalue weighted by atomic mass is 10.1. The number of aromatic nitrogens is 1. The zero-order valence-corrected chi connectivity index (χ0v) is 9.22. The Morgan fingerprint density at radius 1 is 1.65 bits per heavy atom. The van der Waals surface area contributed by atoms with E-state index in [1.165, 1.54) is 24.3 Å². The van der Waals surface area contributed by atoms with Crippen LogP contribution in [0.2, 0.25) is 0 Å². The highest BCUT2D eigenvalue weighted by Gasteiger charge is 2.35. The lowest BCUT2D eigenvalue weighted by Gasteiger charge is -2.15. The molecule has 1 aliphatic heterocycles. The van der Waals surface area contributed by atoms with Crippen molar-refractivity contribution >= 4 is 17.6 Å². The highest BCUT2D eigenvalue weighted by molar-refractivity contribution is 5.99. The molecule has 1 aliphatic rings. The first-order chi connectivity index (χ1) is 8.11. The van der Waals surface area contributed by atoms with Crippen LogP contribution in [0.3, 0.4) is 0 Å². The molecule has 2 heterocycles. The van der Waals surface area contributed by atoms with Crippen LogP contribution in [-0.2, 0) is 14.3 Å². The second-order valence-corrected chi connectivity index (χ2v) is 3.77. The number of nitrogens with zero attached hydrogens (tertiary/aromatic N) is 2. The van der Waals surface area contributed by atoms with Crippen LogP contribution in [0.15, 0.2) is 18.3 Å². The van der Waals surface area contributed by atoms with Crippen molar-refractivity contribution in [3.8, 4) is 0 Å². The summed E-state index contributed by atoms with van der Waals surface area (Å²) in [5.74, 6) is -1.78. The molecule has 17 heavy (non-hydrogen) atoms. The summed E-state index contributed by atoms with van der Waals surface area (Å²) in [4.78, 5) is 27.8. The van der Waals surface area contributed by atoms with E-state index in [4.69, 9.17) is 0 Å². The third-order valence-corrected chi connectivity index (χ3v) is 2.68.